The Labute approximate surface area is 193 Å². The number of ketones is 1. The molecule has 9 nitrogen and oxygen atoms in total. The molecule has 0 spiro atoms. The minimum Gasteiger partial charge on any atom is -0.360 e. The quantitative estimate of drug-likeness (QED) is 0.369. The van der Waals surface area contributed by atoms with Gasteiger partial charge in [0.25, 0.3) is 17.6 Å². The molecule has 1 aliphatic heterocycles. The van der Waals surface area contributed by atoms with Gasteiger partial charge in [-0.1, -0.05) is 23.4 Å². The molecule has 0 saturated carbocycles. The summed E-state index contributed by atoms with van der Waals surface area (Å²) >= 11 is 0. The highest BCUT2D eigenvalue weighted by atomic mass is 19.1. The number of Topliss-reactive ketones (excluding diaryl/α,β-unsaturated/α-hetero) is 1. The number of nitrogens with one attached hydrogen (secondary N) is 1. The number of rotatable bonds is 4. The molecule has 1 aliphatic rings. The smallest absolute Gasteiger partial charge is 0.295 e. The zero-order chi connectivity index (χ0) is 23.8. The topological polar surface area (TPSA) is 112 Å². The number of amides is 2. The fourth-order valence-electron chi connectivity index (χ4n) is 4.31. The van der Waals surface area contributed by atoms with E-state index in [0.717, 1.165) is 6.39 Å². The molecule has 2 aromatic carbocycles. The summed E-state index contributed by atoms with van der Waals surface area (Å²) in [5.74, 6) is -2.12. The van der Waals surface area contributed by atoms with Gasteiger partial charge in [-0.25, -0.2) is 4.39 Å². The molecule has 1 atom stereocenters. The fourth-order valence-corrected chi connectivity index (χ4v) is 4.31. The zero-order valence-corrected chi connectivity index (χ0v) is 18.2. The molecule has 0 aliphatic carbocycles. The van der Waals surface area contributed by atoms with Crippen LogP contribution in [0, 0.1) is 5.82 Å². The molecule has 172 valence electrons. The van der Waals surface area contributed by atoms with E-state index in [1.807, 2.05) is 13.0 Å². The first kappa shape index (κ1) is 21.5. The molecule has 5 rings (SSSR count). The maximum atomic E-state index is 14.7. The third-order valence-corrected chi connectivity index (χ3v) is 6.02. The number of benzene rings is 2. The van der Waals surface area contributed by atoms with Gasteiger partial charge in [-0.15, -0.1) is 0 Å². The van der Waals surface area contributed by atoms with Crippen molar-refractivity contribution >= 4 is 28.5 Å². The number of fused-ring (bicyclic) bond motifs is 1. The van der Waals surface area contributed by atoms with Crippen molar-refractivity contribution in [3.63, 3.8) is 0 Å². The number of aromatic amines is 1. The molecule has 0 radical (unpaired) electrons. The molecule has 34 heavy (non-hydrogen) atoms. The van der Waals surface area contributed by atoms with Gasteiger partial charge in [0.2, 0.25) is 12.2 Å². The highest BCUT2D eigenvalue weighted by Crippen LogP contribution is 2.30. The molecule has 1 saturated heterocycles. The Kier molecular flexibility index (Phi) is 5.40. The molecule has 2 aromatic heterocycles. The Bertz CT molecular complexity index is 1380. The van der Waals surface area contributed by atoms with Gasteiger partial charge in [0.15, 0.2) is 0 Å². The van der Waals surface area contributed by atoms with Crippen LogP contribution in [0.25, 0.3) is 22.3 Å². The van der Waals surface area contributed by atoms with Crippen LogP contribution in [0.1, 0.15) is 27.6 Å². The predicted molar refractivity (Wildman–Crippen MR) is 119 cm³/mol. The zero-order valence-electron chi connectivity index (χ0n) is 18.2. The molecular formula is C24H20FN5O4. The second kappa shape index (κ2) is 8.54. The number of H-pyrrole nitrogens is 1. The monoisotopic (exact) mass is 461 g/mol. The number of piperazine rings is 1. The van der Waals surface area contributed by atoms with E-state index in [2.05, 4.69) is 15.1 Å². The third kappa shape index (κ3) is 3.62. The van der Waals surface area contributed by atoms with Crippen LogP contribution in [-0.4, -0.2) is 68.2 Å². The van der Waals surface area contributed by atoms with Crippen LogP contribution in [0.15, 0.2) is 59.6 Å². The van der Waals surface area contributed by atoms with Gasteiger partial charge in [0, 0.05) is 48.4 Å². The first-order valence-corrected chi connectivity index (χ1v) is 10.7. The van der Waals surface area contributed by atoms with Crippen molar-refractivity contribution in [2.24, 2.45) is 0 Å². The summed E-state index contributed by atoms with van der Waals surface area (Å²) in [5.41, 5.74) is 1.23. The van der Waals surface area contributed by atoms with Crippen LogP contribution in [0.3, 0.4) is 0 Å². The Balaban J connectivity index is 1.37. The van der Waals surface area contributed by atoms with Crippen LogP contribution in [-0.2, 0) is 4.79 Å². The van der Waals surface area contributed by atoms with E-state index in [4.69, 9.17) is 4.52 Å². The molecule has 10 heteroatoms. The van der Waals surface area contributed by atoms with Gasteiger partial charge in [-0.05, 0) is 31.2 Å². The maximum absolute atomic E-state index is 14.7. The predicted octanol–water partition coefficient (Wildman–Crippen LogP) is 2.91. The highest BCUT2D eigenvalue weighted by molar-refractivity contribution is 6.45. The lowest BCUT2D eigenvalue weighted by molar-refractivity contribution is -0.128. The van der Waals surface area contributed by atoms with E-state index >= 15 is 0 Å². The summed E-state index contributed by atoms with van der Waals surface area (Å²) in [6.45, 7) is 2.51. The summed E-state index contributed by atoms with van der Waals surface area (Å²) in [6.07, 6.45) is 2.46. The number of hydrogen-bond acceptors (Lipinski definition) is 6. The number of carbonyl (C=O) groups excluding carboxylic acids is 3. The van der Waals surface area contributed by atoms with Crippen LogP contribution in [0.4, 0.5) is 4.39 Å². The van der Waals surface area contributed by atoms with Crippen molar-refractivity contribution in [1.82, 2.24) is 24.9 Å². The van der Waals surface area contributed by atoms with E-state index in [1.54, 1.807) is 29.2 Å². The van der Waals surface area contributed by atoms with Crippen LogP contribution in [0.2, 0.25) is 0 Å². The molecule has 2 amide bonds. The molecule has 1 unspecified atom stereocenters. The van der Waals surface area contributed by atoms with Crippen molar-refractivity contribution in [2.75, 3.05) is 19.6 Å². The summed E-state index contributed by atoms with van der Waals surface area (Å²) in [7, 11) is 0. The van der Waals surface area contributed by atoms with Gasteiger partial charge >= 0.3 is 0 Å². The van der Waals surface area contributed by atoms with Crippen molar-refractivity contribution in [3.8, 4) is 11.4 Å². The van der Waals surface area contributed by atoms with E-state index in [1.165, 1.54) is 23.2 Å². The van der Waals surface area contributed by atoms with Crippen LogP contribution >= 0.6 is 0 Å². The van der Waals surface area contributed by atoms with Crippen LogP contribution < -0.4 is 0 Å². The summed E-state index contributed by atoms with van der Waals surface area (Å²) in [5, 5.41) is 3.75. The second-order valence-corrected chi connectivity index (χ2v) is 8.10. The number of aromatic nitrogens is 3. The summed E-state index contributed by atoms with van der Waals surface area (Å²) in [6, 6.07) is 11.3. The lowest BCUT2D eigenvalue weighted by atomic mass is 10.0. The number of halogens is 1. The lowest BCUT2D eigenvalue weighted by Gasteiger charge is -2.39. The van der Waals surface area contributed by atoms with Gasteiger partial charge in [-0.3, -0.25) is 14.4 Å². The molecule has 4 aromatic rings. The highest BCUT2D eigenvalue weighted by Gasteiger charge is 2.34. The molecular weight excluding hydrogens is 441 g/mol. The van der Waals surface area contributed by atoms with Crippen molar-refractivity contribution in [3.05, 3.63) is 72.0 Å². The van der Waals surface area contributed by atoms with Gasteiger partial charge in [0.1, 0.15) is 5.82 Å². The van der Waals surface area contributed by atoms with E-state index in [9.17, 15) is 18.8 Å². The molecule has 0 bridgehead atoms. The number of carbonyl (C=O) groups is 3. The minimum atomic E-state index is -0.828. The lowest BCUT2D eigenvalue weighted by Crippen LogP contribution is -2.56. The Morgan fingerprint density at radius 2 is 1.91 bits per heavy atom. The maximum Gasteiger partial charge on any atom is 0.295 e. The number of hydrogen-bond donors (Lipinski definition) is 1. The SMILES string of the molecule is CC1CN(C(=O)C(=O)c2c[nH]c3c(-c4ncon4)ccc(F)c23)CCN1C(=O)c1ccccc1. The molecule has 3 heterocycles. The van der Waals surface area contributed by atoms with Crippen LogP contribution in [0.5, 0.6) is 0 Å². The van der Waals surface area contributed by atoms with Gasteiger partial charge in [0.05, 0.1) is 11.1 Å². The van der Waals surface area contributed by atoms with Gasteiger partial charge < -0.3 is 19.3 Å². The van der Waals surface area contributed by atoms with Crippen molar-refractivity contribution < 1.29 is 23.3 Å². The Morgan fingerprint density at radius 1 is 1.12 bits per heavy atom. The first-order valence-electron chi connectivity index (χ1n) is 10.7. The first-order chi connectivity index (χ1) is 16.5. The standard InChI is InChI=1S/C24H20FN5O4/c1-14-12-29(9-10-30(14)23(32)15-5-3-2-4-6-15)24(33)21(31)17-11-26-20-16(22-27-13-34-28-22)7-8-18(25)19(17)20/h2-8,11,13-14,26H,9-10,12H2,1H3. The van der Waals surface area contributed by atoms with E-state index in [-0.39, 0.29) is 48.4 Å². The minimum absolute atomic E-state index is 0.00779. The largest absolute Gasteiger partial charge is 0.360 e. The Morgan fingerprint density at radius 3 is 2.62 bits per heavy atom. The molecule has 1 fully saturated rings. The van der Waals surface area contributed by atoms with E-state index in [0.29, 0.717) is 16.6 Å². The van der Waals surface area contributed by atoms with Gasteiger partial charge in [-0.2, -0.15) is 4.98 Å². The molecule has 1 N–H and O–H groups in total. The third-order valence-electron chi connectivity index (χ3n) is 6.02. The number of nitrogens with zero attached hydrogens (tertiary/aromatic N) is 4. The summed E-state index contributed by atoms with van der Waals surface area (Å²) < 4.78 is 19.5. The average Bonchev–Trinajstić information content (AvgIpc) is 3.55. The van der Waals surface area contributed by atoms with Crippen molar-refractivity contribution in [1.29, 1.82) is 0 Å². The Hall–Kier alpha value is -4.34. The fraction of sp³-hybridized carbons (Fsp3) is 0.208. The second-order valence-electron chi connectivity index (χ2n) is 8.10. The van der Waals surface area contributed by atoms with Crippen molar-refractivity contribution in [2.45, 2.75) is 13.0 Å². The average molecular weight is 461 g/mol. The van der Waals surface area contributed by atoms with E-state index < -0.39 is 17.5 Å². The summed E-state index contributed by atoms with van der Waals surface area (Å²) in [4.78, 5) is 48.9. The normalized spacial score (nSPS) is 16.1.